The number of benzene rings is 1. The van der Waals surface area contributed by atoms with Crippen LogP contribution in [0.1, 0.15) is 41.6 Å². The highest BCUT2D eigenvalue weighted by atomic mass is 16.7. The summed E-state index contributed by atoms with van der Waals surface area (Å²) >= 11 is 0. The van der Waals surface area contributed by atoms with Gasteiger partial charge in [0.25, 0.3) is 0 Å². The normalized spacial score (nSPS) is 34.7. The number of hydrogen-bond acceptors (Lipinski definition) is 10. The van der Waals surface area contributed by atoms with Crippen molar-refractivity contribution >= 4 is 5.97 Å². The summed E-state index contributed by atoms with van der Waals surface area (Å²) in [5.41, 5.74) is 1.49. The maximum Gasteiger partial charge on any atom is 0.337 e. The number of ether oxygens (including phenoxy) is 4. The molecule has 0 radical (unpaired) electrons. The molecule has 10 heteroatoms. The van der Waals surface area contributed by atoms with E-state index in [1.165, 1.54) is 7.11 Å². The third-order valence-electron chi connectivity index (χ3n) is 6.17. The first kappa shape index (κ1) is 26.0. The zero-order valence-electron chi connectivity index (χ0n) is 18.7. The van der Waals surface area contributed by atoms with Crippen LogP contribution < -0.4 is 0 Å². The van der Waals surface area contributed by atoms with Crippen LogP contribution in [-0.2, 0) is 25.4 Å². The van der Waals surface area contributed by atoms with Gasteiger partial charge in [-0.1, -0.05) is 12.1 Å². The number of aryl methyl sites for hydroxylation is 1. The average Bonchev–Trinajstić information content (AvgIpc) is 2.83. The van der Waals surface area contributed by atoms with Crippen molar-refractivity contribution in [2.45, 2.75) is 81.1 Å². The van der Waals surface area contributed by atoms with Crippen LogP contribution in [-0.4, -0.2) is 101 Å². The lowest BCUT2D eigenvalue weighted by Gasteiger charge is -2.43. The molecule has 0 amide bonds. The topological polar surface area (TPSA) is 155 Å². The molecular weight excluding hydrogens is 436 g/mol. The lowest BCUT2D eigenvalue weighted by atomic mass is 9.93. The second-order valence-electron chi connectivity index (χ2n) is 8.56. The molecule has 1 aromatic carbocycles. The number of methoxy groups -OCH3 is 1. The van der Waals surface area contributed by atoms with E-state index < -0.39 is 55.0 Å². The molecule has 2 aliphatic rings. The Morgan fingerprint density at radius 2 is 1.67 bits per heavy atom. The Hall–Kier alpha value is -1.63. The van der Waals surface area contributed by atoms with Crippen LogP contribution in [0.5, 0.6) is 0 Å². The van der Waals surface area contributed by atoms with E-state index in [-0.39, 0.29) is 26.1 Å². The maximum atomic E-state index is 11.5. The fourth-order valence-electron chi connectivity index (χ4n) is 4.26. The van der Waals surface area contributed by atoms with Crippen LogP contribution in [0.15, 0.2) is 24.3 Å². The summed E-state index contributed by atoms with van der Waals surface area (Å²) in [7, 11) is 1.33. The van der Waals surface area contributed by atoms with Crippen molar-refractivity contribution in [3.8, 4) is 0 Å². The third kappa shape index (κ3) is 6.71. The molecule has 0 saturated carbocycles. The predicted octanol–water partition coefficient (Wildman–Crippen LogP) is -0.479. The summed E-state index contributed by atoms with van der Waals surface area (Å²) in [5.74, 6) is -0.397. The Morgan fingerprint density at radius 1 is 1.00 bits per heavy atom. The van der Waals surface area contributed by atoms with Crippen molar-refractivity contribution in [1.82, 2.24) is 0 Å². The smallest absolute Gasteiger partial charge is 0.337 e. The number of carbonyl (C=O) groups excluding carboxylic acids is 1. The van der Waals surface area contributed by atoms with E-state index in [0.29, 0.717) is 24.8 Å². The SMILES string of the molecule is COC(=O)c1ccc(CCC[C@H]2OC(CO)CC(O[C@H]3OC(CO)CC(O)C3O)C2O)cc1. The van der Waals surface area contributed by atoms with Crippen LogP contribution in [0.3, 0.4) is 0 Å². The lowest BCUT2D eigenvalue weighted by Crippen LogP contribution is -2.56. The molecule has 1 aromatic rings. The molecule has 2 saturated heterocycles. The maximum absolute atomic E-state index is 11.5. The zero-order valence-corrected chi connectivity index (χ0v) is 18.7. The zero-order chi connectivity index (χ0) is 24.0. The molecule has 3 rings (SSSR count). The largest absolute Gasteiger partial charge is 0.465 e. The van der Waals surface area contributed by atoms with Crippen LogP contribution in [0.25, 0.3) is 0 Å². The van der Waals surface area contributed by atoms with Gasteiger partial charge < -0.3 is 44.5 Å². The van der Waals surface area contributed by atoms with E-state index in [1.54, 1.807) is 12.1 Å². The monoisotopic (exact) mass is 470 g/mol. The third-order valence-corrected chi connectivity index (χ3v) is 6.17. The van der Waals surface area contributed by atoms with Gasteiger partial charge >= 0.3 is 5.97 Å². The molecule has 0 spiro atoms. The van der Waals surface area contributed by atoms with Crippen molar-refractivity contribution in [2.75, 3.05) is 20.3 Å². The molecule has 6 unspecified atom stereocenters. The van der Waals surface area contributed by atoms with Crippen molar-refractivity contribution in [3.63, 3.8) is 0 Å². The quantitative estimate of drug-likeness (QED) is 0.299. The van der Waals surface area contributed by atoms with Gasteiger partial charge in [0.05, 0.1) is 56.4 Å². The van der Waals surface area contributed by atoms with Gasteiger partial charge in [-0.05, 0) is 37.0 Å². The van der Waals surface area contributed by atoms with Gasteiger partial charge in [-0.15, -0.1) is 0 Å². The fourth-order valence-corrected chi connectivity index (χ4v) is 4.26. The molecule has 2 fully saturated rings. The van der Waals surface area contributed by atoms with Gasteiger partial charge in [-0.3, -0.25) is 0 Å². The second-order valence-corrected chi connectivity index (χ2v) is 8.56. The van der Waals surface area contributed by atoms with E-state index in [9.17, 15) is 30.3 Å². The molecule has 0 aromatic heterocycles. The molecule has 8 atom stereocenters. The minimum absolute atomic E-state index is 0.0797. The van der Waals surface area contributed by atoms with Gasteiger partial charge in [0.2, 0.25) is 0 Å². The number of aliphatic hydroxyl groups excluding tert-OH is 5. The summed E-state index contributed by atoms with van der Waals surface area (Å²) in [5, 5.41) is 50.0. The van der Waals surface area contributed by atoms with Crippen molar-refractivity contribution in [1.29, 1.82) is 0 Å². The number of hydrogen-bond donors (Lipinski definition) is 5. The summed E-state index contributed by atoms with van der Waals surface area (Å²) in [6.07, 6.45) is -5.17. The Bertz CT molecular complexity index is 741. The average molecular weight is 471 g/mol. The highest BCUT2D eigenvalue weighted by Crippen LogP contribution is 2.30. The molecule has 5 N–H and O–H groups in total. The Kier molecular flexibility index (Phi) is 9.59. The van der Waals surface area contributed by atoms with Crippen LogP contribution in [0, 0.1) is 0 Å². The Balaban J connectivity index is 1.56. The molecule has 2 aliphatic heterocycles. The van der Waals surface area contributed by atoms with E-state index in [4.69, 9.17) is 18.9 Å². The number of aliphatic hydroxyl groups is 5. The first-order valence-electron chi connectivity index (χ1n) is 11.3. The van der Waals surface area contributed by atoms with Gasteiger partial charge in [-0.2, -0.15) is 0 Å². The Labute approximate surface area is 192 Å². The van der Waals surface area contributed by atoms with E-state index in [2.05, 4.69) is 0 Å². The minimum Gasteiger partial charge on any atom is -0.465 e. The first-order chi connectivity index (χ1) is 15.9. The molecule has 2 heterocycles. The molecule has 0 aliphatic carbocycles. The first-order valence-corrected chi connectivity index (χ1v) is 11.3. The van der Waals surface area contributed by atoms with Crippen molar-refractivity contribution in [2.24, 2.45) is 0 Å². The highest BCUT2D eigenvalue weighted by molar-refractivity contribution is 5.89. The summed E-state index contributed by atoms with van der Waals surface area (Å²) in [6.45, 7) is -0.587. The number of rotatable bonds is 9. The summed E-state index contributed by atoms with van der Waals surface area (Å²) in [4.78, 5) is 11.5. The highest BCUT2D eigenvalue weighted by Gasteiger charge is 2.43. The lowest BCUT2D eigenvalue weighted by molar-refractivity contribution is -0.309. The molecule has 0 bridgehead atoms. The standard InChI is InChI=1S/C23H34O10/c1-30-22(29)14-7-5-13(6-8-14)3-2-4-18-21(28)19(10-16(12-25)31-18)33-23-20(27)17(26)9-15(11-24)32-23/h5-8,15-21,23-28H,2-4,9-12H2,1H3/t15?,16?,17?,18-,19?,20?,21?,23-/m1/s1. The van der Waals surface area contributed by atoms with Gasteiger partial charge in [0.1, 0.15) is 12.2 Å². The van der Waals surface area contributed by atoms with E-state index in [0.717, 1.165) is 5.56 Å². The number of carbonyl (C=O) groups is 1. The fraction of sp³-hybridized carbons (Fsp3) is 0.696. The van der Waals surface area contributed by atoms with Crippen LogP contribution in [0.2, 0.25) is 0 Å². The molecule has 186 valence electrons. The molecule has 33 heavy (non-hydrogen) atoms. The molecule has 10 nitrogen and oxygen atoms in total. The van der Waals surface area contributed by atoms with Crippen LogP contribution in [0.4, 0.5) is 0 Å². The van der Waals surface area contributed by atoms with Gasteiger partial charge in [-0.25, -0.2) is 4.79 Å². The predicted molar refractivity (Wildman–Crippen MR) is 114 cm³/mol. The molecular formula is C23H34O10. The van der Waals surface area contributed by atoms with Gasteiger partial charge in [0, 0.05) is 12.8 Å². The Morgan fingerprint density at radius 3 is 2.30 bits per heavy atom. The van der Waals surface area contributed by atoms with E-state index >= 15 is 0 Å². The summed E-state index contributed by atoms with van der Waals surface area (Å²) < 4.78 is 21.8. The summed E-state index contributed by atoms with van der Waals surface area (Å²) in [6, 6.07) is 7.08. The van der Waals surface area contributed by atoms with Crippen LogP contribution >= 0.6 is 0 Å². The second kappa shape index (κ2) is 12.2. The number of esters is 1. The van der Waals surface area contributed by atoms with Gasteiger partial charge in [0.15, 0.2) is 6.29 Å². The van der Waals surface area contributed by atoms with E-state index in [1.807, 2.05) is 12.1 Å². The minimum atomic E-state index is -1.32. The van der Waals surface area contributed by atoms with Crippen molar-refractivity contribution in [3.05, 3.63) is 35.4 Å². The van der Waals surface area contributed by atoms with Crippen molar-refractivity contribution < 1.29 is 49.3 Å².